The Labute approximate surface area is 153 Å². The molecule has 1 N–H and O–H groups in total. The van der Waals surface area contributed by atoms with Crippen molar-refractivity contribution in [2.45, 2.75) is 6.54 Å². The number of hydrogen-bond acceptors (Lipinski definition) is 3. The van der Waals surface area contributed by atoms with E-state index in [-0.39, 0.29) is 5.56 Å². The predicted molar refractivity (Wildman–Crippen MR) is 101 cm³/mol. The van der Waals surface area contributed by atoms with Gasteiger partial charge in [0.05, 0.1) is 11.9 Å². The molecule has 0 amide bonds. The van der Waals surface area contributed by atoms with Gasteiger partial charge in [-0.05, 0) is 44.8 Å². The number of halogens is 2. The summed E-state index contributed by atoms with van der Waals surface area (Å²) in [5, 5.41) is 8.02. The molecule has 3 rings (SSSR count). The summed E-state index contributed by atoms with van der Waals surface area (Å²) in [7, 11) is 1.62. The van der Waals surface area contributed by atoms with Crippen LogP contribution in [0.4, 0.5) is 5.69 Å². The minimum Gasteiger partial charge on any atom is -0.379 e. The van der Waals surface area contributed by atoms with Gasteiger partial charge in [0, 0.05) is 18.6 Å². The molecule has 0 radical (unpaired) electrons. The molecule has 0 aliphatic rings. The van der Waals surface area contributed by atoms with Gasteiger partial charge in [0.1, 0.15) is 4.47 Å². The third-order valence-electron chi connectivity index (χ3n) is 3.72. The van der Waals surface area contributed by atoms with Gasteiger partial charge in [-0.25, -0.2) is 4.68 Å². The van der Waals surface area contributed by atoms with Crippen molar-refractivity contribution in [3.63, 3.8) is 0 Å². The first-order chi connectivity index (χ1) is 11.6. The summed E-state index contributed by atoms with van der Waals surface area (Å²) >= 11 is 9.29. The maximum atomic E-state index is 11.9. The number of hydrogen-bond donors (Lipinski definition) is 1. The fraction of sp³-hybridized carbons (Fsp3) is 0.111. The Kier molecular flexibility index (Phi) is 5.02. The third-order valence-corrected chi connectivity index (χ3v) is 4.74. The number of aromatic nitrogens is 2. The molecule has 24 heavy (non-hydrogen) atoms. The fourth-order valence-electron chi connectivity index (χ4n) is 2.41. The monoisotopic (exact) mass is 403 g/mol. The molecule has 4 nitrogen and oxygen atoms in total. The van der Waals surface area contributed by atoms with E-state index in [0.29, 0.717) is 21.7 Å². The number of nitrogens with zero attached hydrogens (tertiary/aromatic N) is 2. The highest BCUT2D eigenvalue weighted by Crippen LogP contribution is 2.26. The van der Waals surface area contributed by atoms with Gasteiger partial charge in [-0.3, -0.25) is 4.79 Å². The van der Waals surface area contributed by atoms with Crippen LogP contribution in [0.2, 0.25) is 5.02 Å². The molecule has 0 fully saturated rings. The standard InChI is InChI=1S/C18H15BrClN3O/c1-23-18(24)17(19)16(11-22-23)21-10-13-4-2-3-5-15(13)12-6-8-14(20)9-7-12/h2-9,11,21H,10H2,1H3. The second-order valence-electron chi connectivity index (χ2n) is 5.32. The fourth-order valence-corrected chi connectivity index (χ4v) is 3.04. The second kappa shape index (κ2) is 7.20. The van der Waals surface area contributed by atoms with Crippen LogP contribution in [-0.2, 0) is 13.6 Å². The zero-order chi connectivity index (χ0) is 17.1. The predicted octanol–water partition coefficient (Wildman–Crippen LogP) is 4.48. The van der Waals surface area contributed by atoms with E-state index >= 15 is 0 Å². The van der Waals surface area contributed by atoms with Gasteiger partial charge in [0.25, 0.3) is 5.56 Å². The van der Waals surface area contributed by atoms with Crippen LogP contribution >= 0.6 is 27.5 Å². The summed E-state index contributed by atoms with van der Waals surface area (Å²) in [5.41, 5.74) is 3.83. The summed E-state index contributed by atoms with van der Waals surface area (Å²) in [6.45, 7) is 0.576. The molecule has 0 spiro atoms. The Balaban J connectivity index is 1.88. The Bertz CT molecular complexity index is 922. The maximum absolute atomic E-state index is 11.9. The second-order valence-corrected chi connectivity index (χ2v) is 6.55. The van der Waals surface area contributed by atoms with Gasteiger partial charge in [-0.1, -0.05) is 48.0 Å². The topological polar surface area (TPSA) is 46.9 Å². The molecule has 0 saturated heterocycles. The summed E-state index contributed by atoms with van der Waals surface area (Å²) < 4.78 is 1.76. The normalized spacial score (nSPS) is 10.6. The SMILES string of the molecule is Cn1ncc(NCc2ccccc2-c2ccc(Cl)cc2)c(Br)c1=O. The van der Waals surface area contributed by atoms with Crippen molar-refractivity contribution >= 4 is 33.2 Å². The minimum absolute atomic E-state index is 0.175. The van der Waals surface area contributed by atoms with E-state index in [4.69, 9.17) is 11.6 Å². The Morgan fingerprint density at radius 3 is 2.62 bits per heavy atom. The highest BCUT2D eigenvalue weighted by atomic mass is 79.9. The van der Waals surface area contributed by atoms with Crippen molar-refractivity contribution < 1.29 is 0 Å². The highest BCUT2D eigenvalue weighted by Gasteiger charge is 2.09. The molecule has 2 aromatic carbocycles. The van der Waals surface area contributed by atoms with Crippen LogP contribution in [0.15, 0.2) is 64.0 Å². The lowest BCUT2D eigenvalue weighted by atomic mass is 10.00. The Hall–Kier alpha value is -2.11. The molecule has 0 unspecified atom stereocenters. The lowest BCUT2D eigenvalue weighted by Gasteiger charge is -2.13. The van der Waals surface area contributed by atoms with Crippen molar-refractivity contribution in [1.82, 2.24) is 9.78 Å². The average Bonchev–Trinajstić information content (AvgIpc) is 2.60. The van der Waals surface area contributed by atoms with E-state index < -0.39 is 0 Å². The van der Waals surface area contributed by atoms with Crippen LogP contribution in [-0.4, -0.2) is 9.78 Å². The van der Waals surface area contributed by atoms with Gasteiger partial charge < -0.3 is 5.32 Å². The average molecular weight is 405 g/mol. The van der Waals surface area contributed by atoms with E-state index in [1.54, 1.807) is 13.2 Å². The van der Waals surface area contributed by atoms with E-state index in [2.05, 4.69) is 38.5 Å². The number of rotatable bonds is 4. The van der Waals surface area contributed by atoms with E-state index in [1.165, 1.54) is 4.68 Å². The lowest BCUT2D eigenvalue weighted by Crippen LogP contribution is -2.21. The zero-order valence-corrected chi connectivity index (χ0v) is 15.3. The number of aryl methyl sites for hydroxylation is 1. The summed E-state index contributed by atoms with van der Waals surface area (Å²) in [4.78, 5) is 11.9. The molecule has 6 heteroatoms. The zero-order valence-electron chi connectivity index (χ0n) is 13.0. The first-order valence-electron chi connectivity index (χ1n) is 7.36. The molecule has 3 aromatic rings. The van der Waals surface area contributed by atoms with Gasteiger partial charge in [0.2, 0.25) is 0 Å². The van der Waals surface area contributed by atoms with E-state index in [1.807, 2.05) is 36.4 Å². The van der Waals surface area contributed by atoms with Gasteiger partial charge in [0.15, 0.2) is 0 Å². The first kappa shape index (κ1) is 16.7. The van der Waals surface area contributed by atoms with Gasteiger partial charge >= 0.3 is 0 Å². The van der Waals surface area contributed by atoms with E-state index in [9.17, 15) is 4.79 Å². The van der Waals surface area contributed by atoms with Crippen LogP contribution in [0.25, 0.3) is 11.1 Å². The van der Waals surface area contributed by atoms with Crippen LogP contribution in [0, 0.1) is 0 Å². The van der Waals surface area contributed by atoms with Gasteiger partial charge in [-0.15, -0.1) is 0 Å². The quantitative estimate of drug-likeness (QED) is 0.697. The number of nitrogens with one attached hydrogen (secondary N) is 1. The molecule has 0 saturated carbocycles. The molecule has 122 valence electrons. The van der Waals surface area contributed by atoms with Crippen LogP contribution < -0.4 is 10.9 Å². The first-order valence-corrected chi connectivity index (χ1v) is 8.53. The number of benzene rings is 2. The molecule has 0 atom stereocenters. The lowest BCUT2D eigenvalue weighted by molar-refractivity contribution is 0.703. The summed E-state index contributed by atoms with van der Waals surface area (Å²) in [6, 6.07) is 15.9. The summed E-state index contributed by atoms with van der Waals surface area (Å²) in [6.07, 6.45) is 1.64. The third kappa shape index (κ3) is 3.52. The molecule has 0 aliphatic carbocycles. The molecule has 1 heterocycles. The molecule has 0 aliphatic heterocycles. The van der Waals surface area contributed by atoms with Gasteiger partial charge in [-0.2, -0.15) is 5.10 Å². The molecular weight excluding hydrogens is 390 g/mol. The summed E-state index contributed by atoms with van der Waals surface area (Å²) in [5.74, 6) is 0. The van der Waals surface area contributed by atoms with Crippen molar-refractivity contribution in [3.05, 3.63) is 80.1 Å². The van der Waals surface area contributed by atoms with Crippen molar-refractivity contribution in [2.75, 3.05) is 5.32 Å². The van der Waals surface area contributed by atoms with Crippen molar-refractivity contribution in [1.29, 1.82) is 0 Å². The molecule has 1 aromatic heterocycles. The van der Waals surface area contributed by atoms with Crippen molar-refractivity contribution in [2.24, 2.45) is 7.05 Å². The largest absolute Gasteiger partial charge is 0.379 e. The smallest absolute Gasteiger partial charge is 0.282 e. The van der Waals surface area contributed by atoms with Crippen LogP contribution in [0.5, 0.6) is 0 Å². The number of anilines is 1. The Morgan fingerprint density at radius 1 is 1.17 bits per heavy atom. The maximum Gasteiger partial charge on any atom is 0.282 e. The molecule has 0 bridgehead atoms. The molecular formula is C18H15BrClN3O. The highest BCUT2D eigenvalue weighted by molar-refractivity contribution is 9.10. The van der Waals surface area contributed by atoms with Crippen LogP contribution in [0.1, 0.15) is 5.56 Å². The minimum atomic E-state index is -0.175. The Morgan fingerprint density at radius 2 is 1.88 bits per heavy atom. The van der Waals surface area contributed by atoms with E-state index in [0.717, 1.165) is 16.7 Å². The van der Waals surface area contributed by atoms with Crippen molar-refractivity contribution in [3.8, 4) is 11.1 Å². The van der Waals surface area contributed by atoms with Crippen LogP contribution in [0.3, 0.4) is 0 Å².